The van der Waals surface area contributed by atoms with Gasteiger partial charge in [-0.1, -0.05) is 0 Å². The predicted molar refractivity (Wildman–Crippen MR) is 88.5 cm³/mol. The number of amides is 1. The first-order valence-corrected chi connectivity index (χ1v) is 8.16. The molecular formula is C14H18N6OS. The normalized spacial score (nSPS) is 15.0. The summed E-state index contributed by atoms with van der Waals surface area (Å²) >= 11 is 1.56. The van der Waals surface area contributed by atoms with Crippen LogP contribution in [0.1, 0.15) is 6.42 Å². The maximum atomic E-state index is 12.2. The van der Waals surface area contributed by atoms with Crippen LogP contribution < -0.4 is 16.0 Å². The quantitative estimate of drug-likeness (QED) is 0.706. The van der Waals surface area contributed by atoms with Gasteiger partial charge in [-0.05, 0) is 19.0 Å². The molecule has 0 aliphatic carbocycles. The summed E-state index contributed by atoms with van der Waals surface area (Å²) in [6.45, 7) is 1.98. The van der Waals surface area contributed by atoms with E-state index in [9.17, 15) is 4.79 Å². The van der Waals surface area contributed by atoms with E-state index >= 15 is 0 Å². The number of aromatic amines is 1. The van der Waals surface area contributed by atoms with Crippen molar-refractivity contribution in [2.45, 2.75) is 6.42 Å². The minimum Gasteiger partial charge on any atom is -0.351 e. The van der Waals surface area contributed by atoms with Gasteiger partial charge < -0.3 is 20.9 Å². The fourth-order valence-corrected chi connectivity index (χ4v) is 3.18. The third-order valence-electron chi connectivity index (χ3n) is 3.36. The molecule has 0 spiro atoms. The highest BCUT2D eigenvalue weighted by Gasteiger charge is 2.20. The maximum Gasteiger partial charge on any atom is 0.259 e. The van der Waals surface area contributed by atoms with Crippen molar-refractivity contribution < 1.29 is 4.79 Å². The van der Waals surface area contributed by atoms with Crippen LogP contribution in [0.3, 0.4) is 0 Å². The number of thioether (sulfide) groups is 1. The Morgan fingerprint density at radius 1 is 1.50 bits per heavy atom. The van der Waals surface area contributed by atoms with E-state index in [1.54, 1.807) is 11.8 Å². The summed E-state index contributed by atoms with van der Waals surface area (Å²) in [6.07, 6.45) is 6.01. The van der Waals surface area contributed by atoms with Gasteiger partial charge in [0, 0.05) is 31.2 Å². The molecule has 0 saturated heterocycles. The van der Waals surface area contributed by atoms with Gasteiger partial charge in [0.2, 0.25) is 0 Å². The Labute approximate surface area is 132 Å². The largest absolute Gasteiger partial charge is 0.351 e. The molecule has 22 heavy (non-hydrogen) atoms. The van der Waals surface area contributed by atoms with Crippen LogP contribution in [0.5, 0.6) is 0 Å². The summed E-state index contributed by atoms with van der Waals surface area (Å²) in [4.78, 5) is 26.5. The zero-order chi connectivity index (χ0) is 15.4. The predicted octanol–water partition coefficient (Wildman–Crippen LogP) is 0.818. The molecule has 0 bridgehead atoms. The number of nitrogens with two attached hydrogens (primary N) is 1. The monoisotopic (exact) mass is 318 g/mol. The highest BCUT2D eigenvalue weighted by molar-refractivity contribution is 8.04. The first-order valence-electron chi connectivity index (χ1n) is 7.17. The van der Waals surface area contributed by atoms with Crippen LogP contribution in [0, 0.1) is 0 Å². The highest BCUT2D eigenvalue weighted by Crippen LogP contribution is 2.28. The Kier molecular flexibility index (Phi) is 4.59. The van der Waals surface area contributed by atoms with Gasteiger partial charge in [-0.15, -0.1) is 11.8 Å². The van der Waals surface area contributed by atoms with E-state index in [1.807, 2.05) is 23.4 Å². The standard InChI is InChI=1S/C14H18N6OS/c15-3-1-4-17-14(21)11-8-20(6-7-22-11)13-10-2-5-16-12(10)18-9-19-13/h2,5,8-9H,1,3-4,6-7,15H2,(H,17,21)(H,16,18,19). The smallest absolute Gasteiger partial charge is 0.259 e. The van der Waals surface area contributed by atoms with Crippen molar-refractivity contribution in [2.24, 2.45) is 5.73 Å². The van der Waals surface area contributed by atoms with Crippen LogP contribution in [0.15, 0.2) is 29.7 Å². The van der Waals surface area contributed by atoms with Gasteiger partial charge >= 0.3 is 0 Å². The molecule has 1 aliphatic heterocycles. The Balaban J connectivity index is 1.81. The molecule has 0 unspecified atom stereocenters. The van der Waals surface area contributed by atoms with E-state index in [2.05, 4.69) is 20.3 Å². The molecule has 0 fully saturated rings. The number of carbonyl (C=O) groups excluding carboxylic acids is 1. The number of aromatic nitrogens is 3. The molecule has 0 saturated carbocycles. The van der Waals surface area contributed by atoms with Crippen LogP contribution in [0.2, 0.25) is 0 Å². The van der Waals surface area contributed by atoms with Gasteiger partial charge in [0.25, 0.3) is 5.91 Å². The topological polar surface area (TPSA) is 99.9 Å². The average Bonchev–Trinajstić information content (AvgIpc) is 3.03. The zero-order valence-electron chi connectivity index (χ0n) is 12.1. The molecule has 2 aromatic rings. The lowest BCUT2D eigenvalue weighted by Gasteiger charge is -2.25. The average molecular weight is 318 g/mol. The Morgan fingerprint density at radius 3 is 3.27 bits per heavy atom. The number of fused-ring (bicyclic) bond motifs is 1. The van der Waals surface area contributed by atoms with Crippen molar-refractivity contribution in [2.75, 3.05) is 30.3 Å². The molecule has 2 aromatic heterocycles. The van der Waals surface area contributed by atoms with Gasteiger partial charge in [-0.3, -0.25) is 4.79 Å². The lowest BCUT2D eigenvalue weighted by molar-refractivity contribution is -0.116. The van der Waals surface area contributed by atoms with Crippen LogP contribution in [-0.4, -0.2) is 46.2 Å². The molecule has 1 amide bonds. The van der Waals surface area contributed by atoms with Gasteiger partial charge in [-0.25, -0.2) is 9.97 Å². The number of nitrogens with one attached hydrogen (secondary N) is 2. The third kappa shape index (κ3) is 3.07. The third-order valence-corrected chi connectivity index (χ3v) is 4.35. The van der Waals surface area contributed by atoms with Crippen LogP contribution in [0.25, 0.3) is 11.0 Å². The number of carbonyl (C=O) groups is 1. The second-order valence-corrected chi connectivity index (χ2v) is 6.01. The summed E-state index contributed by atoms with van der Waals surface area (Å²) in [5, 5.41) is 3.84. The number of anilines is 1. The molecule has 7 nitrogen and oxygen atoms in total. The summed E-state index contributed by atoms with van der Waals surface area (Å²) in [7, 11) is 0. The van der Waals surface area contributed by atoms with E-state index in [-0.39, 0.29) is 5.91 Å². The van der Waals surface area contributed by atoms with Crippen molar-refractivity contribution in [1.29, 1.82) is 0 Å². The molecule has 0 radical (unpaired) electrons. The van der Waals surface area contributed by atoms with Crippen molar-refractivity contribution in [3.63, 3.8) is 0 Å². The SMILES string of the molecule is NCCCNC(=O)C1=CN(c2ncnc3[nH]ccc23)CCS1. The lowest BCUT2D eigenvalue weighted by Crippen LogP contribution is -2.31. The van der Waals surface area contributed by atoms with Crippen molar-refractivity contribution >= 4 is 34.5 Å². The van der Waals surface area contributed by atoms with E-state index in [0.29, 0.717) is 18.0 Å². The van der Waals surface area contributed by atoms with Gasteiger partial charge in [0.05, 0.1) is 10.3 Å². The summed E-state index contributed by atoms with van der Waals surface area (Å²) in [5.74, 6) is 1.60. The van der Waals surface area contributed by atoms with Gasteiger partial charge in [0.1, 0.15) is 17.8 Å². The van der Waals surface area contributed by atoms with Crippen molar-refractivity contribution in [3.8, 4) is 0 Å². The molecule has 4 N–H and O–H groups in total. The summed E-state index contributed by atoms with van der Waals surface area (Å²) < 4.78 is 0. The molecule has 0 atom stereocenters. The number of H-pyrrole nitrogens is 1. The second-order valence-electron chi connectivity index (χ2n) is 4.87. The fraction of sp³-hybridized carbons (Fsp3) is 0.357. The molecule has 3 rings (SSSR count). The minimum absolute atomic E-state index is 0.0532. The van der Waals surface area contributed by atoms with Crippen molar-refractivity contribution in [1.82, 2.24) is 20.3 Å². The number of rotatable bonds is 5. The maximum absolute atomic E-state index is 12.2. The van der Waals surface area contributed by atoms with E-state index in [0.717, 1.165) is 35.6 Å². The summed E-state index contributed by atoms with van der Waals surface area (Å²) in [6, 6.07) is 1.95. The van der Waals surface area contributed by atoms with Crippen molar-refractivity contribution in [3.05, 3.63) is 29.7 Å². The number of hydrogen-bond donors (Lipinski definition) is 3. The number of nitrogens with zero attached hydrogens (tertiary/aromatic N) is 3. The fourth-order valence-electron chi connectivity index (χ4n) is 2.27. The van der Waals surface area contributed by atoms with Crippen LogP contribution in [-0.2, 0) is 4.79 Å². The number of hydrogen-bond acceptors (Lipinski definition) is 6. The van der Waals surface area contributed by atoms with E-state index in [4.69, 9.17) is 5.73 Å². The molecule has 3 heterocycles. The summed E-state index contributed by atoms with van der Waals surface area (Å²) in [5.41, 5.74) is 6.23. The second kappa shape index (κ2) is 6.80. The van der Waals surface area contributed by atoms with E-state index in [1.165, 1.54) is 6.33 Å². The lowest BCUT2D eigenvalue weighted by atomic mass is 10.3. The molecule has 0 aromatic carbocycles. The van der Waals surface area contributed by atoms with E-state index < -0.39 is 0 Å². The Hall–Kier alpha value is -2.06. The zero-order valence-corrected chi connectivity index (χ0v) is 12.9. The van der Waals surface area contributed by atoms with Gasteiger partial charge in [-0.2, -0.15) is 0 Å². The van der Waals surface area contributed by atoms with Gasteiger partial charge in [0.15, 0.2) is 0 Å². The molecule has 116 valence electrons. The first kappa shape index (κ1) is 14.9. The molecular weight excluding hydrogens is 300 g/mol. The van der Waals surface area contributed by atoms with Crippen LogP contribution in [0.4, 0.5) is 5.82 Å². The Bertz CT molecular complexity index is 697. The minimum atomic E-state index is -0.0532. The first-order chi connectivity index (χ1) is 10.8. The highest BCUT2D eigenvalue weighted by atomic mass is 32.2. The molecule has 8 heteroatoms. The Morgan fingerprint density at radius 2 is 2.41 bits per heavy atom. The van der Waals surface area contributed by atoms with Crippen LogP contribution >= 0.6 is 11.8 Å². The molecule has 1 aliphatic rings.